The molecule has 1 fully saturated rings. The topological polar surface area (TPSA) is 50.8 Å². The van der Waals surface area contributed by atoms with Gasteiger partial charge < -0.3 is 14.8 Å². The third kappa shape index (κ3) is 4.95. The minimum Gasteiger partial charge on any atom is -0.483 e. The molecule has 0 saturated carbocycles. The molecule has 1 heterocycles. The molecule has 0 radical (unpaired) electrons. The quantitative estimate of drug-likeness (QED) is 0.774. The molecule has 1 saturated heterocycles. The van der Waals surface area contributed by atoms with Crippen molar-refractivity contribution in [1.29, 1.82) is 0 Å². The number of amides is 1. The van der Waals surface area contributed by atoms with Gasteiger partial charge in [0, 0.05) is 19.6 Å². The minimum atomic E-state index is -0.0367. The van der Waals surface area contributed by atoms with E-state index in [4.69, 9.17) is 9.47 Å². The van der Waals surface area contributed by atoms with Gasteiger partial charge in [0.2, 0.25) is 0 Å². The van der Waals surface area contributed by atoms with Gasteiger partial charge in [0.1, 0.15) is 5.75 Å². The standard InChI is InChI=1S/C19H28N2O3/c22-19(20-9-4-10-21-11-13-23-14-12-21)15-24-18-8-3-6-16-5-1-2-7-17(16)18/h3,6,8H,1-2,4-5,7,9-15H2,(H,20,22). The van der Waals surface area contributed by atoms with Gasteiger partial charge in [-0.15, -0.1) is 0 Å². The van der Waals surface area contributed by atoms with Gasteiger partial charge in [-0.05, 0) is 55.8 Å². The van der Waals surface area contributed by atoms with Gasteiger partial charge in [-0.2, -0.15) is 0 Å². The van der Waals surface area contributed by atoms with Gasteiger partial charge in [-0.25, -0.2) is 0 Å². The summed E-state index contributed by atoms with van der Waals surface area (Å²) in [5.74, 6) is 0.848. The summed E-state index contributed by atoms with van der Waals surface area (Å²) >= 11 is 0. The monoisotopic (exact) mass is 332 g/mol. The van der Waals surface area contributed by atoms with Crippen LogP contribution in [0.1, 0.15) is 30.4 Å². The van der Waals surface area contributed by atoms with Gasteiger partial charge in [0.05, 0.1) is 13.2 Å². The van der Waals surface area contributed by atoms with Gasteiger partial charge in [0.25, 0.3) is 5.91 Å². The number of hydrogen-bond acceptors (Lipinski definition) is 4. The lowest BCUT2D eigenvalue weighted by molar-refractivity contribution is -0.123. The molecule has 1 aromatic rings. The van der Waals surface area contributed by atoms with Crippen molar-refractivity contribution in [2.75, 3.05) is 46.0 Å². The van der Waals surface area contributed by atoms with E-state index in [0.717, 1.165) is 57.9 Å². The van der Waals surface area contributed by atoms with Gasteiger partial charge in [-0.3, -0.25) is 9.69 Å². The van der Waals surface area contributed by atoms with Gasteiger partial charge in [-0.1, -0.05) is 12.1 Å². The number of nitrogens with zero attached hydrogens (tertiary/aromatic N) is 1. The fourth-order valence-corrected chi connectivity index (χ4v) is 3.43. The van der Waals surface area contributed by atoms with Gasteiger partial charge in [0.15, 0.2) is 6.61 Å². The maximum Gasteiger partial charge on any atom is 0.257 e. The van der Waals surface area contributed by atoms with Crippen LogP contribution in [0.3, 0.4) is 0 Å². The summed E-state index contributed by atoms with van der Waals surface area (Å²) in [7, 11) is 0. The Hall–Kier alpha value is -1.59. The minimum absolute atomic E-state index is 0.0367. The first-order chi connectivity index (χ1) is 11.8. The molecule has 0 atom stereocenters. The van der Waals surface area contributed by atoms with Crippen LogP contribution in [0.15, 0.2) is 18.2 Å². The van der Waals surface area contributed by atoms with Crippen LogP contribution < -0.4 is 10.1 Å². The molecule has 0 bridgehead atoms. The first-order valence-corrected chi connectivity index (χ1v) is 9.13. The molecule has 3 rings (SSSR count). The molecule has 1 aromatic carbocycles. The third-order valence-electron chi connectivity index (χ3n) is 4.79. The highest BCUT2D eigenvalue weighted by atomic mass is 16.5. The second-order valence-electron chi connectivity index (χ2n) is 6.55. The maximum atomic E-state index is 12.0. The molecule has 5 heteroatoms. The van der Waals surface area contributed by atoms with Crippen LogP contribution >= 0.6 is 0 Å². The SMILES string of the molecule is O=C(COc1cccc2c1CCCC2)NCCCN1CCOCC1. The van der Waals surface area contributed by atoms with E-state index in [2.05, 4.69) is 16.3 Å². The largest absolute Gasteiger partial charge is 0.483 e. The first-order valence-electron chi connectivity index (χ1n) is 9.13. The van der Waals surface area contributed by atoms with Crippen LogP contribution in [0.4, 0.5) is 0 Å². The smallest absolute Gasteiger partial charge is 0.257 e. The number of fused-ring (bicyclic) bond motifs is 1. The molecular weight excluding hydrogens is 304 g/mol. The van der Waals surface area contributed by atoms with Gasteiger partial charge >= 0.3 is 0 Å². The molecule has 2 aliphatic rings. The zero-order chi connectivity index (χ0) is 16.6. The molecule has 0 aromatic heterocycles. The summed E-state index contributed by atoms with van der Waals surface area (Å²) < 4.78 is 11.1. The highest BCUT2D eigenvalue weighted by Gasteiger charge is 2.14. The zero-order valence-corrected chi connectivity index (χ0v) is 14.4. The van der Waals surface area contributed by atoms with E-state index >= 15 is 0 Å². The molecule has 24 heavy (non-hydrogen) atoms. The predicted octanol–water partition coefficient (Wildman–Crippen LogP) is 1.78. The van der Waals surface area contributed by atoms with Crippen molar-refractivity contribution in [1.82, 2.24) is 10.2 Å². The summed E-state index contributed by atoms with van der Waals surface area (Å²) in [6.07, 6.45) is 5.61. The Morgan fingerprint density at radius 3 is 2.92 bits per heavy atom. The number of benzene rings is 1. The molecule has 0 spiro atoms. The Kier molecular flexibility index (Phi) is 6.49. The van der Waals surface area contributed by atoms with E-state index < -0.39 is 0 Å². The molecule has 1 amide bonds. The highest BCUT2D eigenvalue weighted by molar-refractivity contribution is 5.77. The number of morpholine rings is 1. The van der Waals surface area contributed by atoms with E-state index in [1.54, 1.807) is 0 Å². The van der Waals surface area contributed by atoms with E-state index in [1.807, 2.05) is 12.1 Å². The Morgan fingerprint density at radius 2 is 2.04 bits per heavy atom. The molecule has 1 aliphatic heterocycles. The third-order valence-corrected chi connectivity index (χ3v) is 4.79. The summed E-state index contributed by atoms with van der Waals surface area (Å²) in [5.41, 5.74) is 2.67. The molecule has 1 N–H and O–H groups in total. The highest BCUT2D eigenvalue weighted by Crippen LogP contribution is 2.29. The van der Waals surface area contributed by atoms with Crippen LogP contribution in [0.25, 0.3) is 0 Å². The average Bonchev–Trinajstić information content (AvgIpc) is 2.64. The second-order valence-corrected chi connectivity index (χ2v) is 6.55. The molecule has 0 unspecified atom stereocenters. The molecule has 132 valence electrons. The molecular formula is C19H28N2O3. The summed E-state index contributed by atoms with van der Waals surface area (Å²) in [6, 6.07) is 6.18. The number of nitrogens with one attached hydrogen (secondary N) is 1. The normalized spacial score (nSPS) is 18.0. The first kappa shape index (κ1) is 17.2. The number of carbonyl (C=O) groups is 1. The maximum absolute atomic E-state index is 12.0. The Morgan fingerprint density at radius 1 is 1.21 bits per heavy atom. The number of rotatable bonds is 7. The lowest BCUT2D eigenvalue weighted by atomic mass is 9.91. The fraction of sp³-hybridized carbons (Fsp3) is 0.632. The Balaban J connectivity index is 1.35. The summed E-state index contributed by atoms with van der Waals surface area (Å²) in [6.45, 7) is 5.45. The molecule has 1 aliphatic carbocycles. The van der Waals surface area contributed by atoms with Crippen molar-refractivity contribution in [2.24, 2.45) is 0 Å². The van der Waals surface area contributed by atoms with Crippen molar-refractivity contribution >= 4 is 5.91 Å². The van der Waals surface area contributed by atoms with Crippen LogP contribution in [0, 0.1) is 0 Å². The summed E-state index contributed by atoms with van der Waals surface area (Å²) in [4.78, 5) is 14.3. The van der Waals surface area contributed by atoms with Crippen LogP contribution in [-0.4, -0.2) is 56.8 Å². The van der Waals surface area contributed by atoms with Crippen LogP contribution in [0.5, 0.6) is 5.75 Å². The zero-order valence-electron chi connectivity index (χ0n) is 14.4. The lowest BCUT2D eigenvalue weighted by Crippen LogP contribution is -2.38. The average molecular weight is 332 g/mol. The van der Waals surface area contributed by atoms with E-state index in [-0.39, 0.29) is 12.5 Å². The van der Waals surface area contributed by atoms with E-state index in [1.165, 1.54) is 24.0 Å². The van der Waals surface area contributed by atoms with Crippen LogP contribution in [-0.2, 0) is 22.4 Å². The van der Waals surface area contributed by atoms with E-state index in [9.17, 15) is 4.79 Å². The van der Waals surface area contributed by atoms with Crippen LogP contribution in [0.2, 0.25) is 0 Å². The Bertz CT molecular complexity index is 541. The van der Waals surface area contributed by atoms with Crippen molar-refractivity contribution in [3.05, 3.63) is 29.3 Å². The number of hydrogen-bond donors (Lipinski definition) is 1. The van der Waals surface area contributed by atoms with Crippen molar-refractivity contribution in [2.45, 2.75) is 32.1 Å². The number of aryl methyl sites for hydroxylation is 1. The number of ether oxygens (including phenoxy) is 2. The second kappa shape index (κ2) is 9.04. The number of carbonyl (C=O) groups excluding carboxylic acids is 1. The van der Waals surface area contributed by atoms with Crippen molar-refractivity contribution < 1.29 is 14.3 Å². The van der Waals surface area contributed by atoms with Crippen molar-refractivity contribution in [3.63, 3.8) is 0 Å². The fourth-order valence-electron chi connectivity index (χ4n) is 3.43. The summed E-state index contributed by atoms with van der Waals surface area (Å²) in [5, 5.41) is 2.95. The predicted molar refractivity (Wildman–Crippen MR) is 93.5 cm³/mol. The lowest BCUT2D eigenvalue weighted by Gasteiger charge is -2.26. The Labute approximate surface area is 144 Å². The molecule has 5 nitrogen and oxygen atoms in total. The van der Waals surface area contributed by atoms with Crippen molar-refractivity contribution in [3.8, 4) is 5.75 Å². The van der Waals surface area contributed by atoms with E-state index in [0.29, 0.717) is 6.54 Å².